The van der Waals surface area contributed by atoms with E-state index in [-0.39, 0.29) is 18.2 Å². The fourth-order valence-electron chi connectivity index (χ4n) is 2.43. The van der Waals surface area contributed by atoms with E-state index in [0.29, 0.717) is 24.6 Å². The second kappa shape index (κ2) is 7.23. The zero-order valence-corrected chi connectivity index (χ0v) is 13.2. The van der Waals surface area contributed by atoms with Gasteiger partial charge in [0, 0.05) is 6.42 Å². The Morgan fingerprint density at radius 3 is 2.48 bits per heavy atom. The van der Waals surface area contributed by atoms with Crippen LogP contribution in [0, 0.1) is 0 Å². The number of aryl methyl sites for hydroxylation is 2. The predicted octanol–water partition coefficient (Wildman–Crippen LogP) is 3.22. The Morgan fingerprint density at radius 2 is 1.91 bits per heavy atom. The molecule has 0 spiro atoms. The maximum Gasteiger partial charge on any atom is 0.387 e. The number of hydrogen-bond donors (Lipinski definition) is 1. The molecule has 0 aliphatic heterocycles. The summed E-state index contributed by atoms with van der Waals surface area (Å²) in [5, 5.41) is 3.95. The smallest absolute Gasteiger partial charge is 0.387 e. The SMILES string of the molecule is Cl.NC1(c2noc(CCc3ccc(OC(F)F)cc3)n2)CCC1. The molecule has 1 aliphatic carbocycles. The van der Waals surface area contributed by atoms with E-state index < -0.39 is 12.2 Å². The summed E-state index contributed by atoms with van der Waals surface area (Å²) in [7, 11) is 0. The molecule has 3 rings (SSSR count). The van der Waals surface area contributed by atoms with Crippen molar-refractivity contribution in [2.45, 2.75) is 44.3 Å². The van der Waals surface area contributed by atoms with Crippen molar-refractivity contribution in [1.29, 1.82) is 0 Å². The molecule has 0 unspecified atom stereocenters. The topological polar surface area (TPSA) is 74.2 Å². The molecule has 8 heteroatoms. The van der Waals surface area contributed by atoms with E-state index in [1.807, 2.05) is 0 Å². The molecular formula is C15H18ClF2N3O2. The summed E-state index contributed by atoms with van der Waals surface area (Å²) in [6.45, 7) is -2.81. The van der Waals surface area contributed by atoms with Crippen molar-refractivity contribution < 1.29 is 18.0 Å². The minimum Gasteiger partial charge on any atom is -0.435 e. The van der Waals surface area contributed by atoms with Crippen molar-refractivity contribution in [2.24, 2.45) is 5.73 Å². The first-order chi connectivity index (χ1) is 10.5. The average Bonchev–Trinajstić information content (AvgIpc) is 2.93. The van der Waals surface area contributed by atoms with Gasteiger partial charge in [-0.3, -0.25) is 0 Å². The first-order valence-electron chi connectivity index (χ1n) is 7.21. The number of hydrogen-bond acceptors (Lipinski definition) is 5. The number of aromatic nitrogens is 2. The summed E-state index contributed by atoms with van der Waals surface area (Å²) in [6, 6.07) is 6.52. The van der Waals surface area contributed by atoms with Gasteiger partial charge in [0.1, 0.15) is 5.75 Å². The average molecular weight is 346 g/mol. The standard InChI is InChI=1S/C15H17F2N3O2.ClH/c16-14(17)21-11-5-2-10(3-6-11)4-7-12-19-13(20-22-12)15(18)8-1-9-15;/h2-3,5-6,14H,1,4,7-9,18H2;1H. The fourth-order valence-corrected chi connectivity index (χ4v) is 2.43. The lowest BCUT2D eigenvalue weighted by atomic mass is 9.77. The number of ether oxygens (including phenoxy) is 1. The van der Waals surface area contributed by atoms with Crippen LogP contribution in [0.15, 0.2) is 28.8 Å². The predicted molar refractivity (Wildman–Crippen MR) is 81.7 cm³/mol. The molecule has 23 heavy (non-hydrogen) atoms. The van der Waals surface area contributed by atoms with Crippen LogP contribution in [0.1, 0.15) is 36.5 Å². The Bertz CT molecular complexity index is 630. The van der Waals surface area contributed by atoms with Crippen LogP contribution in [0.25, 0.3) is 0 Å². The molecule has 0 saturated heterocycles. The molecule has 1 heterocycles. The van der Waals surface area contributed by atoms with Crippen molar-refractivity contribution in [3.05, 3.63) is 41.5 Å². The molecule has 0 radical (unpaired) electrons. The van der Waals surface area contributed by atoms with E-state index in [4.69, 9.17) is 10.3 Å². The van der Waals surface area contributed by atoms with Crippen LogP contribution in [0.3, 0.4) is 0 Å². The molecule has 1 saturated carbocycles. The van der Waals surface area contributed by atoms with Crippen LogP contribution in [-0.4, -0.2) is 16.8 Å². The zero-order chi connectivity index (χ0) is 15.6. The fraction of sp³-hybridized carbons (Fsp3) is 0.467. The molecular weight excluding hydrogens is 328 g/mol. The van der Waals surface area contributed by atoms with Gasteiger partial charge in [-0.1, -0.05) is 17.3 Å². The second-order valence-corrected chi connectivity index (χ2v) is 5.54. The van der Waals surface area contributed by atoms with Gasteiger partial charge in [0.2, 0.25) is 5.89 Å². The van der Waals surface area contributed by atoms with E-state index in [1.165, 1.54) is 12.1 Å². The van der Waals surface area contributed by atoms with E-state index in [2.05, 4.69) is 14.9 Å². The van der Waals surface area contributed by atoms with E-state index in [9.17, 15) is 8.78 Å². The number of nitrogens with zero attached hydrogens (tertiary/aromatic N) is 2. The van der Waals surface area contributed by atoms with Crippen LogP contribution in [-0.2, 0) is 18.4 Å². The van der Waals surface area contributed by atoms with Crippen molar-refractivity contribution in [3.8, 4) is 5.75 Å². The Balaban J connectivity index is 0.00000192. The molecule has 126 valence electrons. The van der Waals surface area contributed by atoms with Gasteiger partial charge in [0.05, 0.1) is 5.54 Å². The molecule has 2 aromatic rings. The third-order valence-corrected chi connectivity index (χ3v) is 3.94. The van der Waals surface area contributed by atoms with Gasteiger partial charge in [-0.2, -0.15) is 13.8 Å². The summed E-state index contributed by atoms with van der Waals surface area (Å²) in [5.41, 5.74) is 6.70. The monoisotopic (exact) mass is 345 g/mol. The lowest BCUT2D eigenvalue weighted by Crippen LogP contribution is -2.44. The number of halogens is 3. The largest absolute Gasteiger partial charge is 0.435 e. The van der Waals surface area contributed by atoms with E-state index in [0.717, 1.165) is 24.8 Å². The Labute approximate surface area is 138 Å². The van der Waals surface area contributed by atoms with Crippen LogP contribution in [0.5, 0.6) is 5.75 Å². The second-order valence-electron chi connectivity index (χ2n) is 5.54. The van der Waals surface area contributed by atoms with Gasteiger partial charge < -0.3 is 15.0 Å². The quantitative estimate of drug-likeness (QED) is 0.870. The highest BCUT2D eigenvalue weighted by Gasteiger charge is 2.38. The van der Waals surface area contributed by atoms with Gasteiger partial charge >= 0.3 is 6.61 Å². The molecule has 1 aromatic heterocycles. The molecule has 0 amide bonds. The van der Waals surface area contributed by atoms with Crippen LogP contribution >= 0.6 is 12.4 Å². The van der Waals surface area contributed by atoms with Crippen molar-refractivity contribution in [3.63, 3.8) is 0 Å². The van der Waals surface area contributed by atoms with Gasteiger partial charge in [0.25, 0.3) is 0 Å². The summed E-state index contributed by atoms with van der Waals surface area (Å²) in [5.74, 6) is 1.27. The van der Waals surface area contributed by atoms with Crippen molar-refractivity contribution >= 4 is 12.4 Å². The Morgan fingerprint density at radius 1 is 1.22 bits per heavy atom. The summed E-state index contributed by atoms with van der Waals surface area (Å²) < 4.78 is 33.6. The minimum atomic E-state index is -2.81. The first-order valence-corrected chi connectivity index (χ1v) is 7.21. The molecule has 0 atom stereocenters. The number of nitrogens with two attached hydrogens (primary N) is 1. The highest BCUT2D eigenvalue weighted by atomic mass is 35.5. The number of benzene rings is 1. The molecule has 5 nitrogen and oxygen atoms in total. The summed E-state index contributed by atoms with van der Waals surface area (Å²) in [4.78, 5) is 4.35. The maximum absolute atomic E-state index is 12.1. The molecule has 2 N–H and O–H groups in total. The highest BCUT2D eigenvalue weighted by molar-refractivity contribution is 5.85. The summed E-state index contributed by atoms with van der Waals surface area (Å²) in [6.07, 6.45) is 4.12. The number of alkyl halides is 2. The maximum atomic E-state index is 12.1. The van der Waals surface area contributed by atoms with Crippen LogP contribution in [0.4, 0.5) is 8.78 Å². The first kappa shape index (κ1) is 17.6. The van der Waals surface area contributed by atoms with Gasteiger partial charge in [0.15, 0.2) is 5.82 Å². The lowest BCUT2D eigenvalue weighted by Gasteiger charge is -2.34. The van der Waals surface area contributed by atoms with Crippen molar-refractivity contribution in [2.75, 3.05) is 0 Å². The third kappa shape index (κ3) is 4.17. The third-order valence-electron chi connectivity index (χ3n) is 3.94. The van der Waals surface area contributed by atoms with E-state index in [1.54, 1.807) is 12.1 Å². The zero-order valence-electron chi connectivity index (χ0n) is 12.4. The molecule has 1 aromatic carbocycles. The summed E-state index contributed by atoms with van der Waals surface area (Å²) >= 11 is 0. The van der Waals surface area contributed by atoms with E-state index >= 15 is 0 Å². The molecule has 1 aliphatic rings. The molecule has 1 fully saturated rings. The van der Waals surface area contributed by atoms with Gasteiger partial charge in [-0.15, -0.1) is 12.4 Å². The van der Waals surface area contributed by atoms with Gasteiger partial charge in [-0.05, 0) is 43.4 Å². The van der Waals surface area contributed by atoms with Crippen LogP contribution in [0.2, 0.25) is 0 Å². The highest BCUT2D eigenvalue weighted by Crippen LogP contribution is 2.36. The Hall–Kier alpha value is -1.73. The minimum absolute atomic E-state index is 0. The lowest BCUT2D eigenvalue weighted by molar-refractivity contribution is -0.0498. The van der Waals surface area contributed by atoms with Crippen molar-refractivity contribution in [1.82, 2.24) is 10.1 Å². The normalized spacial score (nSPS) is 15.8. The van der Waals surface area contributed by atoms with Crippen LogP contribution < -0.4 is 10.5 Å². The number of rotatable bonds is 6. The molecule has 0 bridgehead atoms. The van der Waals surface area contributed by atoms with Gasteiger partial charge in [-0.25, -0.2) is 0 Å². The Kier molecular flexibility index (Phi) is 5.54.